The molecule has 1 aromatic rings. The van der Waals surface area contributed by atoms with Crippen molar-refractivity contribution < 1.29 is 4.79 Å². The number of aryl methyl sites for hydroxylation is 3. The van der Waals surface area contributed by atoms with Gasteiger partial charge >= 0.3 is 0 Å². The third-order valence-corrected chi connectivity index (χ3v) is 4.30. The number of rotatable bonds is 2. The van der Waals surface area contributed by atoms with Crippen LogP contribution >= 0.6 is 0 Å². The van der Waals surface area contributed by atoms with E-state index in [1.807, 2.05) is 19.9 Å². The fourth-order valence-corrected chi connectivity index (χ4v) is 2.77. The van der Waals surface area contributed by atoms with Crippen molar-refractivity contribution in [2.75, 3.05) is 5.32 Å². The Bertz CT molecular complexity index is 650. The standard InChI is InChI=1S/C18H22N2O/c1-11-5-6-16(15(7-11)10-19)18(21)20-17-9-13(3)12(2)8-14(17)4/h8-9,11H,5-7H2,1-4H3,(H,20,21). The van der Waals surface area contributed by atoms with Gasteiger partial charge in [0.1, 0.15) is 0 Å². The summed E-state index contributed by atoms with van der Waals surface area (Å²) in [6.07, 6.45) is 2.38. The molecule has 0 bridgehead atoms. The van der Waals surface area contributed by atoms with Crippen LogP contribution in [-0.4, -0.2) is 5.91 Å². The molecule has 21 heavy (non-hydrogen) atoms. The van der Waals surface area contributed by atoms with E-state index >= 15 is 0 Å². The Balaban J connectivity index is 2.26. The number of carbonyl (C=O) groups excluding carboxylic acids is 1. The highest BCUT2D eigenvalue weighted by molar-refractivity contribution is 6.05. The molecule has 0 heterocycles. The fourth-order valence-electron chi connectivity index (χ4n) is 2.77. The van der Waals surface area contributed by atoms with E-state index in [0.29, 0.717) is 29.9 Å². The van der Waals surface area contributed by atoms with E-state index in [4.69, 9.17) is 0 Å². The van der Waals surface area contributed by atoms with Crippen molar-refractivity contribution in [3.8, 4) is 6.07 Å². The SMILES string of the molecule is Cc1cc(C)c(NC(=O)C2=C(C#N)CC(C)CC2)cc1C. The highest BCUT2D eigenvalue weighted by Crippen LogP contribution is 2.30. The minimum atomic E-state index is -0.121. The molecule has 1 aliphatic carbocycles. The average Bonchev–Trinajstić information content (AvgIpc) is 2.44. The van der Waals surface area contributed by atoms with E-state index in [0.717, 1.165) is 23.2 Å². The number of anilines is 1. The predicted octanol–water partition coefficient (Wildman–Crippen LogP) is 4.19. The van der Waals surface area contributed by atoms with E-state index in [-0.39, 0.29) is 5.91 Å². The summed E-state index contributed by atoms with van der Waals surface area (Å²) in [4.78, 5) is 12.5. The molecule has 0 fully saturated rings. The molecule has 3 heteroatoms. The lowest BCUT2D eigenvalue weighted by Crippen LogP contribution is -2.20. The van der Waals surface area contributed by atoms with Gasteiger partial charge in [0.2, 0.25) is 0 Å². The van der Waals surface area contributed by atoms with Gasteiger partial charge in [0, 0.05) is 16.8 Å². The Morgan fingerprint density at radius 1 is 1.24 bits per heavy atom. The molecule has 0 aliphatic heterocycles. The summed E-state index contributed by atoms with van der Waals surface area (Å²) in [5.41, 5.74) is 5.57. The predicted molar refractivity (Wildman–Crippen MR) is 84.9 cm³/mol. The maximum Gasteiger partial charge on any atom is 0.252 e. The summed E-state index contributed by atoms with van der Waals surface area (Å²) in [5.74, 6) is 0.365. The lowest BCUT2D eigenvalue weighted by Gasteiger charge is -2.21. The molecule has 1 N–H and O–H groups in total. The molecule has 2 rings (SSSR count). The Hall–Kier alpha value is -2.08. The minimum Gasteiger partial charge on any atom is -0.322 e. The Morgan fingerprint density at radius 2 is 1.90 bits per heavy atom. The van der Waals surface area contributed by atoms with Crippen LogP contribution in [0.25, 0.3) is 0 Å². The molecule has 0 saturated carbocycles. The third-order valence-electron chi connectivity index (χ3n) is 4.30. The Morgan fingerprint density at radius 3 is 2.57 bits per heavy atom. The first-order chi connectivity index (χ1) is 9.92. The fraction of sp³-hybridized carbons (Fsp3) is 0.444. The molecule has 0 spiro atoms. The van der Waals surface area contributed by atoms with Crippen LogP contribution in [0.15, 0.2) is 23.3 Å². The maximum atomic E-state index is 12.5. The molecular weight excluding hydrogens is 260 g/mol. The van der Waals surface area contributed by atoms with Gasteiger partial charge in [-0.1, -0.05) is 13.0 Å². The van der Waals surface area contributed by atoms with Crippen molar-refractivity contribution in [2.45, 2.75) is 47.0 Å². The normalized spacial score (nSPS) is 18.3. The van der Waals surface area contributed by atoms with Gasteiger partial charge in [-0.3, -0.25) is 4.79 Å². The number of nitrogens with zero attached hydrogens (tertiary/aromatic N) is 1. The van der Waals surface area contributed by atoms with Crippen molar-refractivity contribution in [1.29, 1.82) is 5.26 Å². The topological polar surface area (TPSA) is 52.9 Å². The first-order valence-corrected chi connectivity index (χ1v) is 7.43. The largest absolute Gasteiger partial charge is 0.322 e. The smallest absolute Gasteiger partial charge is 0.252 e. The lowest BCUT2D eigenvalue weighted by atomic mass is 9.85. The molecule has 0 saturated heterocycles. The first kappa shape index (κ1) is 15.3. The zero-order chi connectivity index (χ0) is 15.6. The van der Waals surface area contributed by atoms with Gasteiger partial charge in [0.05, 0.1) is 6.07 Å². The van der Waals surface area contributed by atoms with Crippen molar-refractivity contribution >= 4 is 11.6 Å². The maximum absolute atomic E-state index is 12.5. The van der Waals surface area contributed by atoms with E-state index in [2.05, 4.69) is 31.3 Å². The molecule has 1 aromatic carbocycles. The quantitative estimate of drug-likeness (QED) is 0.884. The zero-order valence-corrected chi connectivity index (χ0v) is 13.2. The third kappa shape index (κ3) is 3.33. The number of hydrogen-bond acceptors (Lipinski definition) is 2. The van der Waals surface area contributed by atoms with E-state index < -0.39 is 0 Å². The number of amides is 1. The van der Waals surface area contributed by atoms with Gasteiger partial charge in [0.25, 0.3) is 5.91 Å². The number of allylic oxidation sites excluding steroid dienone is 1. The molecule has 0 aromatic heterocycles. The van der Waals surface area contributed by atoms with Gasteiger partial charge in [-0.05, 0) is 68.7 Å². The summed E-state index contributed by atoms with van der Waals surface area (Å²) in [6, 6.07) is 6.28. The highest BCUT2D eigenvalue weighted by Gasteiger charge is 2.23. The van der Waals surface area contributed by atoms with Crippen molar-refractivity contribution in [1.82, 2.24) is 0 Å². The average molecular weight is 282 g/mol. The lowest BCUT2D eigenvalue weighted by molar-refractivity contribution is -0.113. The van der Waals surface area contributed by atoms with Crippen LogP contribution in [0.1, 0.15) is 42.9 Å². The molecule has 0 radical (unpaired) electrons. The van der Waals surface area contributed by atoms with Crippen LogP contribution in [-0.2, 0) is 4.79 Å². The number of benzene rings is 1. The Kier molecular flexibility index (Phi) is 4.47. The molecule has 1 amide bonds. The number of nitrogens with one attached hydrogen (secondary N) is 1. The highest BCUT2D eigenvalue weighted by atomic mass is 16.1. The van der Waals surface area contributed by atoms with Gasteiger partial charge < -0.3 is 5.32 Å². The molecule has 3 nitrogen and oxygen atoms in total. The summed E-state index contributed by atoms with van der Waals surface area (Å²) >= 11 is 0. The van der Waals surface area contributed by atoms with E-state index in [1.54, 1.807) is 0 Å². The van der Waals surface area contributed by atoms with Crippen molar-refractivity contribution in [2.24, 2.45) is 5.92 Å². The van der Waals surface area contributed by atoms with E-state index in [1.165, 1.54) is 5.56 Å². The minimum absolute atomic E-state index is 0.121. The van der Waals surface area contributed by atoms with Crippen LogP contribution in [0.4, 0.5) is 5.69 Å². The number of nitriles is 1. The molecular formula is C18H22N2O. The van der Waals surface area contributed by atoms with Crippen LogP contribution in [0.3, 0.4) is 0 Å². The molecule has 1 aliphatic rings. The van der Waals surface area contributed by atoms with Crippen LogP contribution in [0.2, 0.25) is 0 Å². The second kappa shape index (κ2) is 6.13. The van der Waals surface area contributed by atoms with Gasteiger partial charge in [-0.15, -0.1) is 0 Å². The second-order valence-corrected chi connectivity index (χ2v) is 6.12. The second-order valence-electron chi connectivity index (χ2n) is 6.12. The summed E-state index contributed by atoms with van der Waals surface area (Å²) < 4.78 is 0. The van der Waals surface area contributed by atoms with Gasteiger partial charge in [0.15, 0.2) is 0 Å². The summed E-state index contributed by atoms with van der Waals surface area (Å²) in [7, 11) is 0. The zero-order valence-electron chi connectivity index (χ0n) is 13.2. The van der Waals surface area contributed by atoms with Gasteiger partial charge in [-0.25, -0.2) is 0 Å². The van der Waals surface area contributed by atoms with Crippen LogP contribution < -0.4 is 5.32 Å². The van der Waals surface area contributed by atoms with Crippen LogP contribution in [0, 0.1) is 38.0 Å². The van der Waals surface area contributed by atoms with Gasteiger partial charge in [-0.2, -0.15) is 5.26 Å². The van der Waals surface area contributed by atoms with Crippen molar-refractivity contribution in [3.63, 3.8) is 0 Å². The number of hydrogen-bond donors (Lipinski definition) is 1. The van der Waals surface area contributed by atoms with E-state index in [9.17, 15) is 10.1 Å². The summed E-state index contributed by atoms with van der Waals surface area (Å²) in [5, 5.41) is 12.2. The molecule has 1 atom stereocenters. The Labute approximate surface area is 126 Å². The monoisotopic (exact) mass is 282 g/mol. The van der Waals surface area contributed by atoms with Crippen LogP contribution in [0.5, 0.6) is 0 Å². The molecule has 110 valence electrons. The summed E-state index contributed by atoms with van der Waals surface area (Å²) in [6.45, 7) is 8.21. The first-order valence-electron chi connectivity index (χ1n) is 7.43. The van der Waals surface area contributed by atoms with Crippen molar-refractivity contribution in [3.05, 3.63) is 40.0 Å². The molecule has 1 unspecified atom stereocenters. The number of carbonyl (C=O) groups is 1.